The van der Waals surface area contributed by atoms with Crippen LogP contribution in [-0.4, -0.2) is 70.2 Å². The van der Waals surface area contributed by atoms with Gasteiger partial charge in [0.05, 0.1) is 30.4 Å². The van der Waals surface area contributed by atoms with Crippen LogP contribution in [0.5, 0.6) is 5.75 Å². The summed E-state index contributed by atoms with van der Waals surface area (Å²) < 4.78 is 16.3. The number of aromatic nitrogens is 1. The zero-order valence-electron chi connectivity index (χ0n) is 24.1. The molecule has 9 nitrogen and oxygen atoms in total. The Hall–Kier alpha value is -1.96. The van der Waals surface area contributed by atoms with Gasteiger partial charge in [-0.15, -0.1) is 23.1 Å². The topological polar surface area (TPSA) is 124 Å². The predicted molar refractivity (Wildman–Crippen MR) is 170 cm³/mol. The maximum atomic E-state index is 12.2. The van der Waals surface area contributed by atoms with E-state index in [1.54, 1.807) is 29.0 Å². The number of aliphatic carboxylic acids is 1. The number of thiazole rings is 1. The molecule has 3 rings (SSSR count). The summed E-state index contributed by atoms with van der Waals surface area (Å²) in [5.41, 5.74) is 0.754. The van der Waals surface area contributed by atoms with E-state index in [1.807, 2.05) is 10.8 Å². The minimum Gasteiger partial charge on any atom is -0.480 e. The van der Waals surface area contributed by atoms with Crippen LogP contribution in [0.15, 0.2) is 23.2 Å². The Morgan fingerprint density at radius 2 is 1.90 bits per heavy atom. The van der Waals surface area contributed by atoms with Crippen LogP contribution in [0.3, 0.4) is 0 Å². The number of benzene rings is 1. The highest BCUT2D eigenvalue weighted by Gasteiger charge is 2.35. The Balaban J connectivity index is 1.38. The van der Waals surface area contributed by atoms with Crippen LogP contribution in [-0.2, 0) is 19.1 Å². The van der Waals surface area contributed by atoms with E-state index in [9.17, 15) is 14.4 Å². The third kappa shape index (κ3) is 10.1. The molecule has 0 aliphatic carbocycles. The van der Waals surface area contributed by atoms with Gasteiger partial charge < -0.3 is 19.3 Å². The van der Waals surface area contributed by atoms with Crippen molar-refractivity contribution in [1.82, 2.24) is 4.98 Å². The van der Waals surface area contributed by atoms with Gasteiger partial charge >= 0.3 is 18.1 Å². The van der Waals surface area contributed by atoms with Crippen molar-refractivity contribution >= 4 is 78.0 Å². The van der Waals surface area contributed by atoms with E-state index in [-0.39, 0.29) is 23.4 Å². The summed E-state index contributed by atoms with van der Waals surface area (Å²) in [5.74, 6) is 1.47. The van der Waals surface area contributed by atoms with Crippen molar-refractivity contribution < 1.29 is 33.7 Å². The smallest absolute Gasteiger partial charge is 0.480 e. The molecule has 13 heteroatoms. The number of thioether (sulfide) groups is 1. The molecule has 226 valence electrons. The number of carboxylic acid groups (broad SMARTS) is 1. The van der Waals surface area contributed by atoms with Crippen molar-refractivity contribution in [1.29, 1.82) is 0 Å². The van der Waals surface area contributed by atoms with Gasteiger partial charge in [0.25, 0.3) is 0 Å². The van der Waals surface area contributed by atoms with Crippen LogP contribution in [0.25, 0.3) is 10.2 Å². The highest BCUT2D eigenvalue weighted by Crippen LogP contribution is 2.44. The second-order valence-corrected chi connectivity index (χ2v) is 15.3. The summed E-state index contributed by atoms with van der Waals surface area (Å²) >= 11 is 2.75. The fraction of sp³-hybridized carbons (Fsp3) is 0.607. The lowest BCUT2D eigenvalue weighted by Crippen LogP contribution is -2.31. The number of rotatable bonds is 16. The van der Waals surface area contributed by atoms with Crippen LogP contribution in [0, 0.1) is 10.8 Å². The molecule has 3 atom stereocenters. The van der Waals surface area contributed by atoms with Crippen LogP contribution in [0.1, 0.15) is 64.8 Å². The molecule has 0 saturated carbocycles. The number of hydrogen-bond acceptors (Lipinski definition) is 12. The van der Waals surface area contributed by atoms with Gasteiger partial charge in [0.2, 0.25) is 0 Å². The molecule has 41 heavy (non-hydrogen) atoms. The molecule has 1 aromatic heterocycles. The standard InChI is InChI=1S/C28H38N2O7S4/c1-6-27(3,14-22(31)35-5)16-28(4,7-2)17-40-39-12-8-11-36-26(34)37-18-9-10-19-21(13-18)41-24(29-19)23-30-20(15-38-23)25(32)33/h9-10,13,20H,6-8,11-12,14-17H2,1-5H3,(H,32,33). The molecule has 2 heterocycles. The second-order valence-electron chi connectivity index (χ2n) is 10.6. The number of aliphatic imine (C=N–C) groups is 1. The van der Waals surface area contributed by atoms with E-state index >= 15 is 0 Å². The molecule has 3 unspecified atom stereocenters. The summed E-state index contributed by atoms with van der Waals surface area (Å²) in [4.78, 5) is 44.0. The SMILES string of the molecule is CCC(C)(CSSCCCOC(=O)Oc1ccc2nc(C3=NC(C(=O)O)CS3)sc2c1)CC(C)(CC)CC(=O)OC. The fourth-order valence-corrected chi connectivity index (χ4v) is 9.29. The number of carbonyl (C=O) groups excluding carboxylic acids is 2. The summed E-state index contributed by atoms with van der Waals surface area (Å²) in [6.45, 7) is 9.04. The molecular formula is C28H38N2O7S4. The molecule has 1 aromatic carbocycles. The van der Waals surface area contributed by atoms with E-state index in [4.69, 9.17) is 19.3 Å². The average Bonchev–Trinajstić information content (AvgIpc) is 3.60. The molecular weight excluding hydrogens is 605 g/mol. The van der Waals surface area contributed by atoms with Crippen molar-refractivity contribution in [2.75, 3.05) is 31.0 Å². The number of methoxy groups -OCH3 is 1. The van der Waals surface area contributed by atoms with Crippen molar-refractivity contribution in [3.63, 3.8) is 0 Å². The molecule has 0 saturated heterocycles. The number of esters is 1. The Bertz CT molecular complexity index is 1250. The van der Waals surface area contributed by atoms with Crippen LogP contribution in [0.4, 0.5) is 4.79 Å². The Kier molecular flexibility index (Phi) is 12.7. The lowest BCUT2D eigenvalue weighted by molar-refractivity contribution is -0.143. The van der Waals surface area contributed by atoms with Gasteiger partial charge in [0.15, 0.2) is 6.04 Å². The summed E-state index contributed by atoms with van der Waals surface area (Å²) in [6, 6.07) is 4.38. The maximum absolute atomic E-state index is 12.2. The highest BCUT2D eigenvalue weighted by atomic mass is 33.1. The number of fused-ring (bicyclic) bond motifs is 1. The van der Waals surface area contributed by atoms with Gasteiger partial charge in [0, 0.05) is 23.3 Å². The van der Waals surface area contributed by atoms with E-state index < -0.39 is 18.2 Å². The van der Waals surface area contributed by atoms with Gasteiger partial charge in [-0.1, -0.05) is 55.7 Å². The Labute approximate surface area is 257 Å². The third-order valence-electron chi connectivity index (χ3n) is 7.12. The molecule has 0 amide bonds. The molecule has 1 aliphatic rings. The first-order valence-corrected chi connectivity index (χ1v) is 17.8. The fourth-order valence-electron chi connectivity index (χ4n) is 4.36. The van der Waals surface area contributed by atoms with Crippen molar-refractivity contribution in [3.05, 3.63) is 23.2 Å². The van der Waals surface area contributed by atoms with Gasteiger partial charge in [-0.2, -0.15) is 0 Å². The quantitative estimate of drug-likeness (QED) is 0.0857. The first-order chi connectivity index (χ1) is 19.5. The zero-order valence-corrected chi connectivity index (χ0v) is 27.4. The first-order valence-electron chi connectivity index (χ1n) is 13.5. The molecule has 1 N–H and O–H groups in total. The van der Waals surface area contributed by atoms with Gasteiger partial charge in [-0.05, 0) is 42.2 Å². The van der Waals surface area contributed by atoms with Crippen molar-refractivity contribution in [3.8, 4) is 5.75 Å². The number of carboxylic acids is 1. The average molecular weight is 643 g/mol. The zero-order chi connectivity index (χ0) is 30.0. The molecule has 0 fully saturated rings. The minimum atomic E-state index is -0.941. The van der Waals surface area contributed by atoms with Gasteiger partial charge in [0.1, 0.15) is 15.8 Å². The second kappa shape index (κ2) is 15.5. The third-order valence-corrected chi connectivity index (χ3v) is 12.1. The molecule has 0 bridgehead atoms. The van der Waals surface area contributed by atoms with Crippen molar-refractivity contribution in [2.24, 2.45) is 15.8 Å². The largest absolute Gasteiger partial charge is 0.513 e. The maximum Gasteiger partial charge on any atom is 0.513 e. The number of nitrogens with zero attached hydrogens (tertiary/aromatic N) is 2. The monoisotopic (exact) mass is 642 g/mol. The highest BCUT2D eigenvalue weighted by molar-refractivity contribution is 8.76. The lowest BCUT2D eigenvalue weighted by atomic mass is 9.69. The normalized spacial score (nSPS) is 17.9. The van der Waals surface area contributed by atoms with Crippen LogP contribution >= 0.6 is 44.7 Å². The van der Waals surface area contributed by atoms with E-state index in [1.165, 1.54) is 30.2 Å². The van der Waals surface area contributed by atoms with E-state index in [2.05, 4.69) is 37.7 Å². The Morgan fingerprint density at radius 3 is 2.56 bits per heavy atom. The van der Waals surface area contributed by atoms with Gasteiger partial charge in [-0.25, -0.2) is 14.6 Å². The van der Waals surface area contributed by atoms with E-state index in [0.29, 0.717) is 34.4 Å². The predicted octanol–water partition coefficient (Wildman–Crippen LogP) is 7.32. The number of hydrogen-bond donors (Lipinski definition) is 1. The lowest BCUT2D eigenvalue weighted by Gasteiger charge is -2.38. The van der Waals surface area contributed by atoms with Gasteiger partial charge in [-0.3, -0.25) is 9.79 Å². The molecule has 0 radical (unpaired) electrons. The number of ether oxygens (including phenoxy) is 3. The first kappa shape index (κ1) is 33.5. The number of carbonyl (C=O) groups is 3. The van der Waals surface area contributed by atoms with Crippen molar-refractivity contribution in [2.45, 2.75) is 65.8 Å². The summed E-state index contributed by atoms with van der Waals surface area (Å²) in [7, 11) is 5.03. The molecule has 1 aliphatic heterocycles. The Morgan fingerprint density at radius 1 is 1.15 bits per heavy atom. The van der Waals surface area contributed by atoms with E-state index in [0.717, 1.165) is 41.0 Å². The molecule has 2 aromatic rings. The summed E-state index contributed by atoms with van der Waals surface area (Å²) in [6.07, 6.45) is 3.29. The molecule has 0 spiro atoms. The van der Waals surface area contributed by atoms with Crippen LogP contribution < -0.4 is 4.74 Å². The minimum absolute atomic E-state index is 0.0838. The summed E-state index contributed by atoms with van der Waals surface area (Å²) in [5, 5.41) is 10.4. The van der Waals surface area contributed by atoms with Crippen LogP contribution in [0.2, 0.25) is 0 Å².